The number of urea groups is 1. The molecule has 0 aliphatic carbocycles. The van der Waals surface area contributed by atoms with E-state index in [-0.39, 0.29) is 17.7 Å². The molecule has 1 spiro atoms. The van der Waals surface area contributed by atoms with Crippen molar-refractivity contribution in [2.75, 3.05) is 32.8 Å². The molecule has 4 rings (SSSR count). The number of hydrogen-bond acceptors (Lipinski definition) is 4. The summed E-state index contributed by atoms with van der Waals surface area (Å²) < 4.78 is 12.1. The lowest BCUT2D eigenvalue weighted by atomic mass is 9.88. The van der Waals surface area contributed by atoms with Crippen LogP contribution in [0, 0.1) is 0 Å². The van der Waals surface area contributed by atoms with Gasteiger partial charge in [-0.3, -0.25) is 4.98 Å². The average molecular weight is 331 g/mol. The Morgan fingerprint density at radius 1 is 1.21 bits per heavy atom. The van der Waals surface area contributed by atoms with Crippen LogP contribution in [0.1, 0.15) is 32.1 Å². The minimum Gasteiger partial charge on any atom is -0.486 e. The lowest BCUT2D eigenvalue weighted by molar-refractivity contribution is -0.0387. The van der Waals surface area contributed by atoms with Crippen LogP contribution in [0.3, 0.4) is 0 Å². The fourth-order valence-corrected chi connectivity index (χ4v) is 4.05. The normalized spacial score (nSPS) is 26.1. The molecule has 0 saturated carbocycles. The zero-order chi connectivity index (χ0) is 16.4. The van der Waals surface area contributed by atoms with Crippen molar-refractivity contribution < 1.29 is 14.3 Å². The number of rotatable bonds is 2. The number of amides is 2. The van der Waals surface area contributed by atoms with Crippen LogP contribution in [0.15, 0.2) is 24.5 Å². The summed E-state index contributed by atoms with van der Waals surface area (Å²) in [7, 11) is 0. The van der Waals surface area contributed by atoms with Crippen LogP contribution in [0.5, 0.6) is 5.75 Å². The molecule has 0 N–H and O–H groups in total. The quantitative estimate of drug-likeness (QED) is 0.834. The molecule has 4 heterocycles. The molecule has 0 bridgehead atoms. The van der Waals surface area contributed by atoms with Gasteiger partial charge in [0, 0.05) is 38.8 Å². The van der Waals surface area contributed by atoms with E-state index in [2.05, 4.69) is 4.98 Å². The van der Waals surface area contributed by atoms with Crippen LogP contribution in [0.4, 0.5) is 4.79 Å². The Morgan fingerprint density at radius 3 is 2.67 bits per heavy atom. The molecule has 3 saturated heterocycles. The zero-order valence-electron chi connectivity index (χ0n) is 14.0. The van der Waals surface area contributed by atoms with Gasteiger partial charge in [0.05, 0.1) is 18.4 Å². The second kappa shape index (κ2) is 6.59. The highest BCUT2D eigenvalue weighted by atomic mass is 16.6. The van der Waals surface area contributed by atoms with Gasteiger partial charge in [0.25, 0.3) is 0 Å². The van der Waals surface area contributed by atoms with Crippen molar-refractivity contribution in [1.29, 1.82) is 0 Å². The second-order valence-electron chi connectivity index (χ2n) is 7.09. The van der Waals surface area contributed by atoms with Gasteiger partial charge < -0.3 is 19.3 Å². The molecule has 6 nitrogen and oxygen atoms in total. The molecule has 1 atom stereocenters. The number of hydrogen-bond donors (Lipinski definition) is 0. The van der Waals surface area contributed by atoms with E-state index in [0.717, 1.165) is 64.0 Å². The van der Waals surface area contributed by atoms with Crippen LogP contribution in [0.2, 0.25) is 0 Å². The van der Waals surface area contributed by atoms with Gasteiger partial charge in [-0.05, 0) is 37.8 Å². The summed E-state index contributed by atoms with van der Waals surface area (Å²) in [6.45, 7) is 4.02. The van der Waals surface area contributed by atoms with E-state index in [1.807, 2.05) is 21.9 Å². The number of nitrogens with zero attached hydrogens (tertiary/aromatic N) is 3. The number of aromatic nitrogens is 1. The highest BCUT2D eigenvalue weighted by Crippen LogP contribution is 2.37. The van der Waals surface area contributed by atoms with E-state index < -0.39 is 0 Å². The highest BCUT2D eigenvalue weighted by molar-refractivity contribution is 5.74. The molecular formula is C18H25N3O3. The van der Waals surface area contributed by atoms with Crippen LogP contribution < -0.4 is 4.74 Å². The van der Waals surface area contributed by atoms with Crippen molar-refractivity contribution in [3.63, 3.8) is 0 Å². The Hall–Kier alpha value is -1.82. The predicted octanol–water partition coefficient (Wildman–Crippen LogP) is 2.30. The third-order valence-corrected chi connectivity index (χ3v) is 5.43. The number of carbonyl (C=O) groups is 1. The third kappa shape index (κ3) is 3.20. The minimum atomic E-state index is -0.116. The van der Waals surface area contributed by atoms with E-state index in [4.69, 9.17) is 9.47 Å². The molecule has 0 aromatic carbocycles. The van der Waals surface area contributed by atoms with E-state index in [1.165, 1.54) is 0 Å². The van der Waals surface area contributed by atoms with E-state index in [0.29, 0.717) is 6.61 Å². The summed E-state index contributed by atoms with van der Waals surface area (Å²) >= 11 is 0. The van der Waals surface area contributed by atoms with E-state index in [9.17, 15) is 4.79 Å². The smallest absolute Gasteiger partial charge is 0.320 e. The fraction of sp³-hybridized carbons (Fsp3) is 0.667. The van der Waals surface area contributed by atoms with Crippen molar-refractivity contribution >= 4 is 6.03 Å². The van der Waals surface area contributed by atoms with E-state index in [1.54, 1.807) is 12.4 Å². The molecule has 1 aromatic rings. The third-order valence-electron chi connectivity index (χ3n) is 5.43. The van der Waals surface area contributed by atoms with Gasteiger partial charge in [0.1, 0.15) is 11.9 Å². The number of pyridine rings is 1. The molecular weight excluding hydrogens is 306 g/mol. The van der Waals surface area contributed by atoms with E-state index >= 15 is 0 Å². The first kappa shape index (κ1) is 15.7. The van der Waals surface area contributed by atoms with Crippen LogP contribution in [0.25, 0.3) is 0 Å². The average Bonchev–Trinajstić information content (AvgIpc) is 3.27. The Morgan fingerprint density at radius 2 is 1.96 bits per heavy atom. The second-order valence-corrected chi connectivity index (χ2v) is 7.09. The van der Waals surface area contributed by atoms with Crippen molar-refractivity contribution in [2.45, 2.75) is 43.8 Å². The Balaban J connectivity index is 1.30. The summed E-state index contributed by atoms with van der Waals surface area (Å²) in [6.07, 6.45) is 8.54. The first-order chi connectivity index (χ1) is 11.7. The van der Waals surface area contributed by atoms with Crippen molar-refractivity contribution in [1.82, 2.24) is 14.8 Å². The summed E-state index contributed by atoms with van der Waals surface area (Å²) in [4.78, 5) is 20.6. The van der Waals surface area contributed by atoms with Crippen LogP contribution in [-0.2, 0) is 4.74 Å². The molecule has 3 aliphatic rings. The predicted molar refractivity (Wildman–Crippen MR) is 89.0 cm³/mol. The zero-order valence-corrected chi connectivity index (χ0v) is 14.0. The molecule has 130 valence electrons. The van der Waals surface area contributed by atoms with Gasteiger partial charge in [-0.2, -0.15) is 0 Å². The number of carbonyl (C=O) groups excluding carboxylic acids is 1. The highest BCUT2D eigenvalue weighted by Gasteiger charge is 2.44. The van der Waals surface area contributed by atoms with Crippen molar-refractivity contribution in [3.8, 4) is 5.75 Å². The van der Waals surface area contributed by atoms with Gasteiger partial charge >= 0.3 is 6.03 Å². The number of piperidine rings is 1. The lowest BCUT2D eigenvalue weighted by Gasteiger charge is -2.39. The number of likely N-dealkylation sites (tertiary alicyclic amines) is 2. The molecule has 0 radical (unpaired) electrons. The summed E-state index contributed by atoms with van der Waals surface area (Å²) in [5.74, 6) is 0.796. The topological polar surface area (TPSA) is 54.9 Å². The maximum atomic E-state index is 12.5. The first-order valence-corrected chi connectivity index (χ1v) is 8.99. The number of ether oxygens (including phenoxy) is 2. The van der Waals surface area contributed by atoms with Gasteiger partial charge in [0.15, 0.2) is 0 Å². The SMILES string of the molecule is O=C(N1CCCC1)N1CCC2(CC1)C[C@H](Oc1cccnc1)CO2. The maximum Gasteiger partial charge on any atom is 0.320 e. The Kier molecular flexibility index (Phi) is 4.31. The van der Waals surface area contributed by atoms with Crippen molar-refractivity contribution in [3.05, 3.63) is 24.5 Å². The van der Waals surface area contributed by atoms with Crippen molar-refractivity contribution in [2.24, 2.45) is 0 Å². The van der Waals surface area contributed by atoms with Gasteiger partial charge in [-0.1, -0.05) is 0 Å². The molecule has 1 aromatic heterocycles. The summed E-state index contributed by atoms with van der Waals surface area (Å²) in [6, 6.07) is 4.02. The largest absolute Gasteiger partial charge is 0.486 e. The molecule has 3 fully saturated rings. The summed E-state index contributed by atoms with van der Waals surface area (Å²) in [5.41, 5.74) is -0.116. The fourth-order valence-electron chi connectivity index (χ4n) is 4.05. The Labute approximate surface area is 142 Å². The standard InChI is InChI=1S/C18H25N3O3/c22-17(20-8-1-2-9-20)21-10-5-18(6-11-21)12-16(14-23-18)24-15-4-3-7-19-13-15/h3-4,7,13,16H,1-2,5-6,8-12,14H2/t16-/m0/s1. The molecule has 2 amide bonds. The maximum absolute atomic E-state index is 12.5. The van der Waals surface area contributed by atoms with Gasteiger partial charge in [-0.15, -0.1) is 0 Å². The summed E-state index contributed by atoms with van der Waals surface area (Å²) in [5, 5.41) is 0. The van der Waals surface area contributed by atoms with Gasteiger partial charge in [-0.25, -0.2) is 4.79 Å². The Bertz CT molecular complexity index is 566. The molecule has 3 aliphatic heterocycles. The van der Waals surface area contributed by atoms with Crippen LogP contribution in [-0.4, -0.2) is 65.3 Å². The lowest BCUT2D eigenvalue weighted by Crippen LogP contribution is -2.50. The molecule has 6 heteroatoms. The monoisotopic (exact) mass is 331 g/mol. The minimum absolute atomic E-state index is 0.0787. The van der Waals surface area contributed by atoms with Crippen LogP contribution >= 0.6 is 0 Å². The molecule has 24 heavy (non-hydrogen) atoms. The molecule has 0 unspecified atom stereocenters. The first-order valence-electron chi connectivity index (χ1n) is 8.99. The van der Waals surface area contributed by atoms with Gasteiger partial charge in [0.2, 0.25) is 0 Å².